The molecule has 0 aromatic carbocycles. The van der Waals surface area contributed by atoms with E-state index < -0.39 is 30.1 Å². The third-order valence-corrected chi connectivity index (χ3v) is 8.48. The molecule has 4 aromatic heterocycles. The lowest BCUT2D eigenvalue weighted by Crippen LogP contribution is -2.35. The van der Waals surface area contributed by atoms with E-state index in [1.807, 2.05) is 43.8 Å². The molecule has 3 N–H and O–H groups in total. The van der Waals surface area contributed by atoms with E-state index in [2.05, 4.69) is 10.4 Å². The predicted molar refractivity (Wildman–Crippen MR) is 163 cm³/mol. The number of thiophene rings is 3. The molecule has 42 heavy (non-hydrogen) atoms. The molecule has 1 unspecified atom stereocenters. The van der Waals surface area contributed by atoms with Crippen LogP contribution in [0.3, 0.4) is 0 Å². The zero-order valence-corrected chi connectivity index (χ0v) is 26.4. The van der Waals surface area contributed by atoms with Gasteiger partial charge in [-0.25, -0.2) is 19.2 Å². The van der Waals surface area contributed by atoms with Crippen molar-refractivity contribution in [2.75, 3.05) is 11.9 Å². The second-order valence-corrected chi connectivity index (χ2v) is 11.7. The highest BCUT2D eigenvalue weighted by atomic mass is 32.1. The summed E-state index contributed by atoms with van der Waals surface area (Å²) in [5.74, 6) is -2.26. The van der Waals surface area contributed by atoms with Gasteiger partial charge >= 0.3 is 24.0 Å². The van der Waals surface area contributed by atoms with Crippen molar-refractivity contribution in [1.82, 2.24) is 9.78 Å². The first-order valence-corrected chi connectivity index (χ1v) is 15.3. The first-order valence-electron chi connectivity index (χ1n) is 12.6. The molecule has 226 valence electrons. The molecule has 0 spiro atoms. The van der Waals surface area contributed by atoms with E-state index in [0.717, 1.165) is 26.4 Å². The van der Waals surface area contributed by atoms with Crippen LogP contribution in [0, 0.1) is 34.6 Å². The number of nitrogens with one attached hydrogen (secondary N) is 1. The molecule has 4 rings (SSSR count). The SMILES string of the molecule is CCOC(=O)C(Cn1cccn1)OC(=O)Nc1c(C)csc1C.Cc1csc(C)c1C(=O)O.Cc1cscc1C(=O)O. The van der Waals surface area contributed by atoms with Crippen LogP contribution in [0.15, 0.2) is 40.0 Å². The van der Waals surface area contributed by atoms with Gasteiger partial charge in [-0.1, -0.05) is 0 Å². The first kappa shape index (κ1) is 34.2. The largest absolute Gasteiger partial charge is 0.478 e. The van der Waals surface area contributed by atoms with Gasteiger partial charge in [-0.05, 0) is 80.4 Å². The molecule has 0 saturated carbocycles. The summed E-state index contributed by atoms with van der Waals surface area (Å²) in [6.07, 6.45) is 1.51. The van der Waals surface area contributed by atoms with Gasteiger partial charge in [0.2, 0.25) is 6.10 Å². The summed E-state index contributed by atoms with van der Waals surface area (Å²) in [7, 11) is 0. The topological polar surface area (TPSA) is 157 Å². The molecule has 4 aromatic rings. The van der Waals surface area contributed by atoms with Crippen LogP contribution in [-0.4, -0.2) is 56.7 Å². The molecule has 0 saturated heterocycles. The van der Waals surface area contributed by atoms with Crippen molar-refractivity contribution < 1.29 is 38.9 Å². The van der Waals surface area contributed by atoms with Gasteiger partial charge in [0.1, 0.15) is 0 Å². The van der Waals surface area contributed by atoms with Gasteiger partial charge in [0.15, 0.2) is 0 Å². The number of rotatable bonds is 8. The molecule has 14 heteroatoms. The third-order valence-electron chi connectivity index (χ3n) is 5.56. The summed E-state index contributed by atoms with van der Waals surface area (Å²) >= 11 is 4.43. The zero-order chi connectivity index (χ0) is 31.4. The van der Waals surface area contributed by atoms with E-state index in [9.17, 15) is 19.2 Å². The number of anilines is 1. The van der Waals surface area contributed by atoms with Gasteiger partial charge in [0, 0.05) is 27.5 Å². The van der Waals surface area contributed by atoms with Gasteiger partial charge in [-0.2, -0.15) is 16.4 Å². The van der Waals surface area contributed by atoms with Crippen LogP contribution in [0.2, 0.25) is 0 Å². The van der Waals surface area contributed by atoms with E-state index in [1.165, 1.54) is 38.7 Å². The summed E-state index contributed by atoms with van der Waals surface area (Å²) < 4.78 is 11.7. The lowest BCUT2D eigenvalue weighted by atomic mass is 10.2. The molecular formula is C28H33N3O8S3. The molecule has 0 fully saturated rings. The van der Waals surface area contributed by atoms with E-state index in [1.54, 1.807) is 37.7 Å². The third kappa shape index (κ3) is 10.1. The Balaban J connectivity index is 0.000000265. The van der Waals surface area contributed by atoms with Gasteiger partial charge < -0.3 is 19.7 Å². The number of ether oxygens (including phenoxy) is 2. The second kappa shape index (κ2) is 16.4. The number of carbonyl (C=O) groups excluding carboxylic acids is 2. The Morgan fingerprint density at radius 1 is 0.929 bits per heavy atom. The minimum absolute atomic E-state index is 0.0981. The molecule has 4 heterocycles. The van der Waals surface area contributed by atoms with Crippen LogP contribution >= 0.6 is 34.0 Å². The van der Waals surface area contributed by atoms with Gasteiger partial charge in [0.05, 0.1) is 30.0 Å². The smallest absolute Gasteiger partial charge is 0.412 e. The Morgan fingerprint density at radius 2 is 1.60 bits per heavy atom. The number of amides is 1. The maximum Gasteiger partial charge on any atom is 0.412 e. The number of aryl methyl sites for hydroxylation is 5. The second-order valence-electron chi connectivity index (χ2n) is 8.78. The fourth-order valence-corrected chi connectivity index (χ4v) is 5.93. The number of aromatic nitrogens is 2. The summed E-state index contributed by atoms with van der Waals surface area (Å²) in [5.41, 5.74) is 4.23. The lowest BCUT2D eigenvalue weighted by Gasteiger charge is -2.17. The van der Waals surface area contributed by atoms with Gasteiger partial charge in [0.25, 0.3) is 0 Å². The number of carbonyl (C=O) groups is 4. The Labute approximate surface area is 255 Å². The summed E-state index contributed by atoms with van der Waals surface area (Å²) in [4.78, 5) is 46.7. The van der Waals surface area contributed by atoms with Crippen molar-refractivity contribution in [2.45, 2.75) is 54.2 Å². The van der Waals surface area contributed by atoms with Crippen molar-refractivity contribution in [1.29, 1.82) is 0 Å². The number of hydrogen-bond acceptors (Lipinski definition) is 10. The van der Waals surface area contributed by atoms with Gasteiger partial charge in [-0.15, -0.1) is 22.7 Å². The van der Waals surface area contributed by atoms with Crippen molar-refractivity contribution in [3.8, 4) is 0 Å². The molecule has 0 aliphatic rings. The average molecular weight is 636 g/mol. The number of carboxylic acid groups (broad SMARTS) is 2. The summed E-state index contributed by atoms with van der Waals surface area (Å²) in [6, 6.07) is 1.72. The molecular weight excluding hydrogens is 603 g/mol. The number of nitrogens with zero attached hydrogens (tertiary/aromatic N) is 2. The highest BCUT2D eigenvalue weighted by Crippen LogP contribution is 2.26. The van der Waals surface area contributed by atoms with Crippen molar-refractivity contribution in [2.24, 2.45) is 0 Å². The fraction of sp³-hybridized carbons (Fsp3) is 0.321. The monoisotopic (exact) mass is 635 g/mol. The summed E-state index contributed by atoms with van der Waals surface area (Å²) in [6.45, 7) is 11.2. The number of carboxylic acids is 2. The molecule has 0 aliphatic heterocycles. The van der Waals surface area contributed by atoms with Crippen LogP contribution < -0.4 is 5.32 Å². The standard InChI is InChI=1S/C15H19N3O4S.C7H8O2S.C6H6O2S/c1-4-21-14(19)12(8-18-7-5-6-16-18)22-15(20)17-13-10(2)9-23-11(13)3;1-4-3-10-5(2)6(4)7(8)9;1-4-2-9-3-5(4)6(7)8/h5-7,9,12H,4,8H2,1-3H3,(H,17,20);3H,1-2H3,(H,8,9);2-3H,1H3,(H,7,8). The molecule has 0 radical (unpaired) electrons. The van der Waals surface area contributed by atoms with E-state index in [0.29, 0.717) is 16.8 Å². The molecule has 1 atom stereocenters. The number of hydrogen-bond donors (Lipinski definition) is 3. The number of esters is 1. The maximum atomic E-state index is 12.1. The minimum Gasteiger partial charge on any atom is -0.478 e. The normalized spacial score (nSPS) is 10.8. The first-order chi connectivity index (χ1) is 19.8. The van der Waals surface area contributed by atoms with Crippen LogP contribution in [-0.2, 0) is 20.8 Å². The average Bonchev–Trinajstić information content (AvgIpc) is 3.72. The van der Waals surface area contributed by atoms with E-state index in [-0.39, 0.29) is 13.2 Å². The molecule has 11 nitrogen and oxygen atoms in total. The van der Waals surface area contributed by atoms with Crippen LogP contribution in [0.4, 0.5) is 10.5 Å². The van der Waals surface area contributed by atoms with Crippen LogP contribution in [0.5, 0.6) is 0 Å². The Morgan fingerprint density at radius 3 is 2.00 bits per heavy atom. The quantitative estimate of drug-likeness (QED) is 0.182. The van der Waals surface area contributed by atoms with Crippen LogP contribution in [0.1, 0.15) is 54.1 Å². The predicted octanol–water partition coefficient (Wildman–Crippen LogP) is 6.56. The Bertz CT molecular complexity index is 1450. The van der Waals surface area contributed by atoms with Gasteiger partial charge in [-0.3, -0.25) is 10.00 Å². The minimum atomic E-state index is -1.06. The molecule has 0 aliphatic carbocycles. The zero-order valence-electron chi connectivity index (χ0n) is 24.0. The Hall–Kier alpha value is -4.01. The maximum absolute atomic E-state index is 12.1. The van der Waals surface area contributed by atoms with Crippen molar-refractivity contribution >= 4 is 63.7 Å². The highest BCUT2D eigenvalue weighted by molar-refractivity contribution is 7.10. The molecule has 0 bridgehead atoms. The van der Waals surface area contributed by atoms with Crippen molar-refractivity contribution in [3.05, 3.63) is 77.6 Å². The van der Waals surface area contributed by atoms with Crippen LogP contribution in [0.25, 0.3) is 0 Å². The highest BCUT2D eigenvalue weighted by Gasteiger charge is 2.26. The number of aromatic carboxylic acids is 2. The fourth-order valence-electron chi connectivity index (χ4n) is 3.46. The summed E-state index contributed by atoms with van der Waals surface area (Å²) in [5, 5.41) is 31.1. The van der Waals surface area contributed by atoms with E-state index >= 15 is 0 Å². The lowest BCUT2D eigenvalue weighted by molar-refractivity contribution is -0.153. The Kier molecular flexibility index (Phi) is 13.4. The van der Waals surface area contributed by atoms with Crippen molar-refractivity contribution in [3.63, 3.8) is 0 Å². The molecule has 1 amide bonds. The van der Waals surface area contributed by atoms with E-state index in [4.69, 9.17) is 19.7 Å².